The van der Waals surface area contributed by atoms with Crippen molar-refractivity contribution >= 4 is 16.5 Å². The Hall–Kier alpha value is -2.74. The van der Waals surface area contributed by atoms with Crippen LogP contribution in [0.2, 0.25) is 0 Å². The zero-order valence-corrected chi connectivity index (χ0v) is 16.4. The molecule has 1 fully saturated rings. The number of aromatic nitrogens is 2. The number of hydrogen-bond donors (Lipinski definition) is 1. The molecule has 0 bridgehead atoms. The van der Waals surface area contributed by atoms with Gasteiger partial charge in [0.15, 0.2) is 0 Å². The van der Waals surface area contributed by atoms with E-state index >= 15 is 0 Å². The van der Waals surface area contributed by atoms with Gasteiger partial charge in [-0.05, 0) is 24.3 Å². The molecule has 3 rings (SSSR count). The molecule has 2 atom stereocenters. The van der Waals surface area contributed by atoms with Gasteiger partial charge in [-0.3, -0.25) is 4.79 Å². The minimum atomic E-state index is -3.31. The van der Waals surface area contributed by atoms with Gasteiger partial charge < -0.3 is 14.4 Å². The fourth-order valence-corrected chi connectivity index (χ4v) is 4.13. The summed E-state index contributed by atoms with van der Waals surface area (Å²) in [4.78, 5) is 12.8. The van der Waals surface area contributed by atoms with Crippen molar-refractivity contribution in [3.63, 3.8) is 0 Å². The molecule has 0 spiro atoms. The summed E-state index contributed by atoms with van der Waals surface area (Å²) in [5.74, 6) is 0.640. The van der Waals surface area contributed by atoms with Crippen molar-refractivity contribution in [1.29, 1.82) is 5.26 Å². The Labute approximate surface area is 163 Å². The van der Waals surface area contributed by atoms with Crippen LogP contribution in [0.5, 0.6) is 0 Å². The molecule has 1 saturated heterocycles. The molecule has 28 heavy (non-hydrogen) atoms. The van der Waals surface area contributed by atoms with Gasteiger partial charge in [0.25, 0.3) is 6.47 Å². The average Bonchev–Trinajstić information content (AvgIpc) is 3.31. The van der Waals surface area contributed by atoms with Crippen molar-refractivity contribution in [1.82, 2.24) is 13.9 Å². The second kappa shape index (κ2) is 9.45. The molecule has 1 aromatic heterocycles. The van der Waals surface area contributed by atoms with E-state index in [1.165, 1.54) is 4.31 Å². The highest BCUT2D eigenvalue weighted by Crippen LogP contribution is 2.31. The van der Waals surface area contributed by atoms with E-state index in [-0.39, 0.29) is 24.2 Å². The van der Waals surface area contributed by atoms with E-state index in [4.69, 9.17) is 19.9 Å². The molecule has 10 heteroatoms. The lowest BCUT2D eigenvalue weighted by Gasteiger charge is -2.22. The third-order valence-corrected chi connectivity index (χ3v) is 6.41. The summed E-state index contributed by atoms with van der Waals surface area (Å²) in [5, 5.41) is 15.8. The Kier molecular flexibility index (Phi) is 7.28. The van der Waals surface area contributed by atoms with Crippen LogP contribution in [-0.4, -0.2) is 66.9 Å². The third-order valence-electron chi connectivity index (χ3n) is 4.44. The van der Waals surface area contributed by atoms with Gasteiger partial charge in [0, 0.05) is 38.0 Å². The van der Waals surface area contributed by atoms with Gasteiger partial charge in [-0.1, -0.05) is 0 Å². The number of nitriles is 1. The fourth-order valence-electron chi connectivity index (χ4n) is 2.97. The summed E-state index contributed by atoms with van der Waals surface area (Å²) in [6.45, 7) is 0.607. The molecule has 1 aliphatic rings. The number of sulfonamides is 1. The predicted octanol–water partition coefficient (Wildman–Crippen LogP) is 1.20. The number of carbonyl (C=O) groups is 1. The van der Waals surface area contributed by atoms with E-state index < -0.39 is 10.0 Å². The molecule has 2 heterocycles. The van der Waals surface area contributed by atoms with Crippen LogP contribution in [0.3, 0.4) is 0 Å². The maximum absolute atomic E-state index is 12.2. The molecule has 0 radical (unpaired) electrons. The van der Waals surface area contributed by atoms with E-state index in [9.17, 15) is 8.42 Å². The Bertz CT molecular complexity index is 932. The topological polar surface area (TPSA) is 126 Å². The first-order valence-electron chi connectivity index (χ1n) is 8.43. The molecule has 150 valence electrons. The van der Waals surface area contributed by atoms with Gasteiger partial charge in [0.1, 0.15) is 5.82 Å². The van der Waals surface area contributed by atoms with Gasteiger partial charge in [-0.25, -0.2) is 17.7 Å². The summed E-state index contributed by atoms with van der Waals surface area (Å²) >= 11 is 0. The number of carboxylic acid groups (broad SMARTS) is 1. The van der Waals surface area contributed by atoms with Crippen LogP contribution in [0.1, 0.15) is 11.6 Å². The van der Waals surface area contributed by atoms with Gasteiger partial charge in [0.05, 0.1) is 36.6 Å². The molecule has 0 aliphatic carbocycles. The Morgan fingerprint density at radius 2 is 2.00 bits per heavy atom. The predicted molar refractivity (Wildman–Crippen MR) is 102 cm³/mol. The monoisotopic (exact) mass is 406 g/mol. The van der Waals surface area contributed by atoms with Crippen molar-refractivity contribution in [3.05, 3.63) is 42.2 Å². The normalized spacial score (nSPS) is 18.9. The Morgan fingerprint density at radius 1 is 1.36 bits per heavy atom. The lowest BCUT2D eigenvalue weighted by atomic mass is 10.1. The summed E-state index contributed by atoms with van der Waals surface area (Å²) in [5.41, 5.74) is 1.46. The van der Waals surface area contributed by atoms with Gasteiger partial charge >= 0.3 is 0 Å². The minimum absolute atomic E-state index is 0.0374. The van der Waals surface area contributed by atoms with Crippen LogP contribution >= 0.6 is 0 Å². The lowest BCUT2D eigenvalue weighted by Crippen LogP contribution is -2.32. The average molecular weight is 406 g/mol. The molecule has 0 amide bonds. The first-order valence-corrected chi connectivity index (χ1v) is 10.0. The zero-order chi connectivity index (χ0) is 20.7. The van der Waals surface area contributed by atoms with E-state index in [0.29, 0.717) is 18.8 Å². The molecule has 1 aromatic carbocycles. The van der Waals surface area contributed by atoms with Crippen LogP contribution in [-0.2, 0) is 19.6 Å². The van der Waals surface area contributed by atoms with Crippen molar-refractivity contribution in [2.24, 2.45) is 5.92 Å². The first kappa shape index (κ1) is 21.6. The summed E-state index contributed by atoms with van der Waals surface area (Å²) in [6.07, 6.45) is 3.55. The Morgan fingerprint density at radius 3 is 2.57 bits per heavy atom. The van der Waals surface area contributed by atoms with Crippen LogP contribution in [0.25, 0.3) is 11.4 Å². The van der Waals surface area contributed by atoms with E-state index in [1.807, 2.05) is 22.9 Å². The number of hydrogen-bond acceptors (Lipinski definition) is 6. The van der Waals surface area contributed by atoms with E-state index in [0.717, 1.165) is 11.4 Å². The van der Waals surface area contributed by atoms with Crippen molar-refractivity contribution in [3.8, 4) is 17.5 Å². The number of benzene rings is 1. The van der Waals surface area contributed by atoms with Crippen molar-refractivity contribution in [2.75, 3.05) is 33.1 Å². The number of nitrogens with zero attached hydrogens (tertiary/aromatic N) is 4. The van der Waals surface area contributed by atoms with E-state index in [1.54, 1.807) is 32.4 Å². The van der Waals surface area contributed by atoms with E-state index in [2.05, 4.69) is 11.1 Å². The smallest absolute Gasteiger partial charge is 0.290 e. The molecule has 1 aliphatic heterocycles. The summed E-state index contributed by atoms with van der Waals surface area (Å²) < 4.78 is 33.3. The van der Waals surface area contributed by atoms with Crippen molar-refractivity contribution < 1.29 is 23.1 Å². The number of rotatable bonds is 5. The lowest BCUT2D eigenvalue weighted by molar-refractivity contribution is -0.122. The van der Waals surface area contributed by atoms with Gasteiger partial charge in [-0.2, -0.15) is 5.26 Å². The number of imidazole rings is 1. The quantitative estimate of drug-likeness (QED) is 0.740. The Balaban J connectivity index is 0.000000878. The van der Waals surface area contributed by atoms with Gasteiger partial charge in [-0.15, -0.1) is 0 Å². The third kappa shape index (κ3) is 4.95. The molecule has 0 saturated carbocycles. The zero-order valence-electron chi connectivity index (χ0n) is 15.6. The number of ether oxygens (including phenoxy) is 1. The largest absolute Gasteiger partial charge is 0.483 e. The van der Waals surface area contributed by atoms with Gasteiger partial charge in [0.2, 0.25) is 10.0 Å². The molecular formula is C18H22N4O5S. The van der Waals surface area contributed by atoms with Crippen LogP contribution in [0, 0.1) is 17.2 Å². The van der Waals surface area contributed by atoms with Crippen molar-refractivity contribution in [2.45, 2.75) is 6.04 Å². The molecule has 2 aromatic rings. The highest BCUT2D eigenvalue weighted by molar-refractivity contribution is 7.89. The molecule has 9 nitrogen and oxygen atoms in total. The summed E-state index contributed by atoms with van der Waals surface area (Å²) in [6, 6.07) is 9.18. The fraction of sp³-hybridized carbons (Fsp3) is 0.389. The highest BCUT2D eigenvalue weighted by Gasteiger charge is 2.35. The maximum Gasteiger partial charge on any atom is 0.290 e. The molecular weight excluding hydrogens is 384 g/mol. The standard InChI is InChI=1S/C17H20N4O3S.CH2O2/c1-20(2)25(22,23)12-15-10-24-11-16(15)21-8-7-19-17(21)14-5-3-13(9-18)4-6-14;2-1-3/h3-8,15-16H,10-12H2,1-2H3;1H,(H,2,3)/t15-,16+;/m0./s1. The SMILES string of the molecule is CN(C)S(=O)(=O)C[C@@H]1COC[C@H]1n1ccnc1-c1ccc(C#N)cc1.O=CO. The van der Waals surface area contributed by atoms with Crippen LogP contribution in [0.4, 0.5) is 0 Å². The second-order valence-electron chi connectivity index (χ2n) is 6.38. The first-order chi connectivity index (χ1) is 13.3. The summed E-state index contributed by atoms with van der Waals surface area (Å²) in [7, 11) is -0.226. The highest BCUT2D eigenvalue weighted by atomic mass is 32.2. The van der Waals surface area contributed by atoms with Crippen LogP contribution in [0.15, 0.2) is 36.7 Å². The molecule has 1 N–H and O–H groups in total. The molecule has 0 unspecified atom stereocenters. The van der Waals surface area contributed by atoms with Crippen LogP contribution < -0.4 is 0 Å². The second-order valence-corrected chi connectivity index (χ2v) is 8.61. The maximum atomic E-state index is 12.2. The minimum Gasteiger partial charge on any atom is -0.483 e.